The number of hydrogen-bond donors (Lipinski definition) is 3. The molecule has 18 heavy (non-hydrogen) atoms. The fourth-order valence-corrected chi connectivity index (χ4v) is 2.36. The van der Waals surface area contributed by atoms with E-state index >= 15 is 0 Å². The van der Waals surface area contributed by atoms with Crippen LogP contribution in [0.2, 0.25) is 0 Å². The molecule has 1 unspecified atom stereocenters. The van der Waals surface area contributed by atoms with E-state index in [1.54, 1.807) is 20.1 Å². The second-order valence-electron chi connectivity index (χ2n) is 4.16. The van der Waals surface area contributed by atoms with Crippen LogP contribution in [0.25, 0.3) is 0 Å². The van der Waals surface area contributed by atoms with Crippen LogP contribution in [0.4, 0.5) is 11.4 Å². The van der Waals surface area contributed by atoms with Crippen molar-refractivity contribution in [2.75, 3.05) is 24.7 Å². The molecule has 1 aromatic rings. The molecule has 6 nitrogen and oxygen atoms in total. The van der Waals surface area contributed by atoms with E-state index in [0.717, 1.165) is 0 Å². The van der Waals surface area contributed by atoms with Crippen LogP contribution in [0.3, 0.4) is 0 Å². The van der Waals surface area contributed by atoms with E-state index in [1.165, 1.54) is 6.07 Å². The molecule has 0 fully saturated rings. The van der Waals surface area contributed by atoms with Gasteiger partial charge in [-0.2, -0.15) is 0 Å². The maximum Gasteiger partial charge on any atom is 0.238 e. The lowest BCUT2D eigenvalue weighted by atomic mass is 10.1. The molecule has 0 spiro atoms. The number of nitrogens with one attached hydrogen (secondary N) is 1. The molecule has 0 aliphatic heterocycles. The Morgan fingerprint density at radius 1 is 1.44 bits per heavy atom. The van der Waals surface area contributed by atoms with E-state index in [1.807, 2.05) is 6.92 Å². The molecule has 7 heteroatoms. The third kappa shape index (κ3) is 3.59. The van der Waals surface area contributed by atoms with Crippen LogP contribution in [0, 0.1) is 6.92 Å². The van der Waals surface area contributed by atoms with Gasteiger partial charge >= 0.3 is 0 Å². The fourth-order valence-electron chi connectivity index (χ4n) is 1.53. The van der Waals surface area contributed by atoms with Gasteiger partial charge in [-0.1, -0.05) is 0 Å². The maximum atomic E-state index is 11.4. The van der Waals surface area contributed by atoms with Crippen LogP contribution in [0.15, 0.2) is 17.0 Å². The number of sulfonamides is 1. The quantitative estimate of drug-likeness (QED) is 0.683. The van der Waals surface area contributed by atoms with Gasteiger partial charge in [0.15, 0.2) is 0 Å². The first-order valence-electron chi connectivity index (χ1n) is 5.45. The molecule has 0 radical (unpaired) electrons. The second-order valence-corrected chi connectivity index (χ2v) is 5.69. The molecule has 1 atom stereocenters. The molecule has 0 aromatic heterocycles. The zero-order chi connectivity index (χ0) is 13.9. The summed E-state index contributed by atoms with van der Waals surface area (Å²) >= 11 is 0. The summed E-state index contributed by atoms with van der Waals surface area (Å²) in [6, 6.07) is 3.03. The smallest absolute Gasteiger partial charge is 0.238 e. The Balaban J connectivity index is 3.10. The Kier molecular flexibility index (Phi) is 4.55. The molecule has 1 rings (SSSR count). The molecule has 1 aromatic carbocycles. The summed E-state index contributed by atoms with van der Waals surface area (Å²) in [6.45, 7) is 4.12. The zero-order valence-electron chi connectivity index (χ0n) is 10.7. The van der Waals surface area contributed by atoms with Crippen LogP contribution >= 0.6 is 0 Å². The van der Waals surface area contributed by atoms with Gasteiger partial charge in [-0.3, -0.25) is 0 Å². The van der Waals surface area contributed by atoms with Crippen LogP contribution in [0.1, 0.15) is 12.5 Å². The van der Waals surface area contributed by atoms with Crippen LogP contribution in [-0.2, 0) is 14.8 Å². The summed E-state index contributed by atoms with van der Waals surface area (Å²) in [6.07, 6.45) is 0.00349. The van der Waals surface area contributed by atoms with Gasteiger partial charge in [0.05, 0.1) is 11.0 Å². The summed E-state index contributed by atoms with van der Waals surface area (Å²) < 4.78 is 27.9. The Hall–Kier alpha value is -1.31. The average Bonchev–Trinajstić information content (AvgIpc) is 2.27. The minimum Gasteiger partial charge on any atom is -0.399 e. The number of rotatable bonds is 5. The van der Waals surface area contributed by atoms with E-state index in [0.29, 0.717) is 23.5 Å². The van der Waals surface area contributed by atoms with Gasteiger partial charge in [0.25, 0.3) is 0 Å². The van der Waals surface area contributed by atoms with Gasteiger partial charge in [0.2, 0.25) is 10.0 Å². The third-order valence-electron chi connectivity index (χ3n) is 2.67. The van der Waals surface area contributed by atoms with E-state index in [4.69, 9.17) is 15.6 Å². The predicted molar refractivity (Wildman–Crippen MR) is 71.9 cm³/mol. The second kappa shape index (κ2) is 5.55. The van der Waals surface area contributed by atoms with E-state index in [-0.39, 0.29) is 11.0 Å². The summed E-state index contributed by atoms with van der Waals surface area (Å²) in [5.74, 6) is 0. The standard InChI is InChI=1S/C11H19N3O3S/c1-7(17-3)6-14-10-4-9(12)5-11(8(10)2)18(13,15)16/h4-5,7,14H,6,12H2,1-3H3,(H2,13,15,16). The number of benzene rings is 1. The molecule has 5 N–H and O–H groups in total. The number of nitrogen functional groups attached to an aromatic ring is 1. The largest absolute Gasteiger partial charge is 0.399 e. The topological polar surface area (TPSA) is 107 Å². The molecular weight excluding hydrogens is 254 g/mol. The van der Waals surface area contributed by atoms with Crippen molar-refractivity contribution in [2.45, 2.75) is 24.8 Å². The highest BCUT2D eigenvalue weighted by atomic mass is 32.2. The van der Waals surface area contributed by atoms with Crippen molar-refractivity contribution in [3.63, 3.8) is 0 Å². The van der Waals surface area contributed by atoms with Crippen molar-refractivity contribution in [2.24, 2.45) is 5.14 Å². The van der Waals surface area contributed by atoms with E-state index < -0.39 is 10.0 Å². The lowest BCUT2D eigenvalue weighted by Gasteiger charge is -2.16. The minimum atomic E-state index is -3.77. The molecule has 102 valence electrons. The maximum absolute atomic E-state index is 11.4. The van der Waals surface area contributed by atoms with Gasteiger partial charge in [-0.25, -0.2) is 13.6 Å². The average molecular weight is 273 g/mol. The molecule has 0 heterocycles. The zero-order valence-corrected chi connectivity index (χ0v) is 11.5. The number of hydrogen-bond acceptors (Lipinski definition) is 5. The van der Waals surface area contributed by atoms with Crippen molar-refractivity contribution in [3.05, 3.63) is 17.7 Å². The molecule has 0 aliphatic rings. The summed E-state index contributed by atoms with van der Waals surface area (Å²) in [4.78, 5) is 0.0371. The van der Waals surface area contributed by atoms with E-state index in [2.05, 4.69) is 5.32 Å². The van der Waals surface area contributed by atoms with Crippen molar-refractivity contribution >= 4 is 21.4 Å². The lowest BCUT2D eigenvalue weighted by Crippen LogP contribution is -2.20. The highest BCUT2D eigenvalue weighted by molar-refractivity contribution is 7.89. The number of nitrogens with two attached hydrogens (primary N) is 2. The highest BCUT2D eigenvalue weighted by Gasteiger charge is 2.15. The van der Waals surface area contributed by atoms with Gasteiger partial charge < -0.3 is 15.8 Å². The summed E-state index contributed by atoms with van der Waals surface area (Å²) in [7, 11) is -2.17. The fraction of sp³-hybridized carbons (Fsp3) is 0.455. The van der Waals surface area contributed by atoms with Crippen molar-refractivity contribution in [3.8, 4) is 0 Å². The molecule has 0 saturated carbocycles. The minimum absolute atomic E-state index is 0.00349. The monoisotopic (exact) mass is 273 g/mol. The molecule has 0 saturated heterocycles. The van der Waals surface area contributed by atoms with Crippen LogP contribution < -0.4 is 16.2 Å². The van der Waals surface area contributed by atoms with Crippen molar-refractivity contribution in [1.29, 1.82) is 0 Å². The number of ether oxygens (including phenoxy) is 1. The number of anilines is 2. The highest BCUT2D eigenvalue weighted by Crippen LogP contribution is 2.26. The molecule has 0 aliphatic carbocycles. The molecule has 0 amide bonds. The first-order chi connectivity index (χ1) is 8.25. The summed E-state index contributed by atoms with van der Waals surface area (Å²) in [5, 5.41) is 8.23. The Morgan fingerprint density at radius 2 is 2.06 bits per heavy atom. The molecule has 0 bridgehead atoms. The SMILES string of the molecule is COC(C)CNc1cc(N)cc(S(N)(=O)=O)c1C. The first kappa shape index (κ1) is 14.7. The third-order valence-corrected chi connectivity index (χ3v) is 3.71. The number of primary sulfonamides is 1. The summed E-state index contributed by atoms with van der Waals surface area (Å²) in [5.41, 5.74) is 7.21. The van der Waals surface area contributed by atoms with E-state index in [9.17, 15) is 8.42 Å². The van der Waals surface area contributed by atoms with Gasteiger partial charge in [-0.15, -0.1) is 0 Å². The lowest BCUT2D eigenvalue weighted by molar-refractivity contribution is 0.129. The van der Waals surface area contributed by atoms with Crippen molar-refractivity contribution in [1.82, 2.24) is 0 Å². The molecular formula is C11H19N3O3S. The predicted octanol–water partition coefficient (Wildman–Crippen LogP) is 0.671. The van der Waals surface area contributed by atoms with Crippen LogP contribution in [0.5, 0.6) is 0 Å². The Morgan fingerprint density at radius 3 is 2.56 bits per heavy atom. The van der Waals surface area contributed by atoms with Gasteiger partial charge in [0.1, 0.15) is 0 Å². The van der Waals surface area contributed by atoms with Gasteiger partial charge in [0, 0.05) is 25.0 Å². The number of methoxy groups -OCH3 is 1. The normalized spacial score (nSPS) is 13.3. The van der Waals surface area contributed by atoms with Crippen molar-refractivity contribution < 1.29 is 13.2 Å². The Bertz CT molecular complexity index is 529. The first-order valence-corrected chi connectivity index (χ1v) is 7.00. The van der Waals surface area contributed by atoms with Gasteiger partial charge in [-0.05, 0) is 31.5 Å². The van der Waals surface area contributed by atoms with Crippen LogP contribution in [-0.4, -0.2) is 28.2 Å². The Labute approximate surface area is 107 Å².